The summed E-state index contributed by atoms with van der Waals surface area (Å²) < 4.78 is 16.0. The molecule has 2 aromatic carbocycles. The third-order valence-electron chi connectivity index (χ3n) is 4.70. The lowest BCUT2D eigenvalue weighted by Gasteiger charge is -2.32. The van der Waals surface area contributed by atoms with Crippen molar-refractivity contribution < 1.29 is 4.39 Å². The predicted octanol–water partition coefficient (Wildman–Crippen LogP) is 3.80. The fourth-order valence-corrected chi connectivity index (χ4v) is 3.59. The van der Waals surface area contributed by atoms with Gasteiger partial charge >= 0.3 is 0 Å². The van der Waals surface area contributed by atoms with Gasteiger partial charge in [-0.05, 0) is 42.7 Å². The second kappa shape index (κ2) is 6.65. The molecule has 1 atom stereocenters. The molecule has 0 amide bonds. The van der Waals surface area contributed by atoms with E-state index in [0.29, 0.717) is 6.54 Å². The van der Waals surface area contributed by atoms with Crippen LogP contribution in [0, 0.1) is 5.82 Å². The largest absolute Gasteiger partial charge is 0.341 e. The number of fused-ring (bicyclic) bond motifs is 1. The van der Waals surface area contributed by atoms with Gasteiger partial charge in [0, 0.05) is 19.1 Å². The Kier molecular flexibility index (Phi) is 4.36. The van der Waals surface area contributed by atoms with Crippen LogP contribution in [0.2, 0.25) is 5.02 Å². The maximum Gasteiger partial charge on any atom is 0.206 e. The number of imidazole rings is 1. The van der Waals surface area contributed by atoms with E-state index in [9.17, 15) is 4.39 Å². The van der Waals surface area contributed by atoms with E-state index in [1.165, 1.54) is 6.07 Å². The molecule has 1 aliphatic heterocycles. The van der Waals surface area contributed by atoms with E-state index < -0.39 is 5.82 Å². The number of aromatic nitrogens is 2. The van der Waals surface area contributed by atoms with Crippen molar-refractivity contribution in [3.63, 3.8) is 0 Å². The summed E-state index contributed by atoms with van der Waals surface area (Å²) in [6.07, 6.45) is 2.10. The number of halogens is 2. The Morgan fingerprint density at radius 1 is 1.24 bits per heavy atom. The van der Waals surface area contributed by atoms with Gasteiger partial charge in [0.25, 0.3) is 0 Å². The highest BCUT2D eigenvalue weighted by Gasteiger charge is 2.22. The lowest BCUT2D eigenvalue weighted by Crippen LogP contribution is -2.44. The van der Waals surface area contributed by atoms with Crippen molar-refractivity contribution in [2.75, 3.05) is 18.0 Å². The summed E-state index contributed by atoms with van der Waals surface area (Å²) in [4.78, 5) is 7.06. The summed E-state index contributed by atoms with van der Waals surface area (Å²) in [7, 11) is 0. The summed E-state index contributed by atoms with van der Waals surface area (Å²) in [6.45, 7) is 2.26. The number of piperidine rings is 1. The normalized spacial score (nSPS) is 18.0. The van der Waals surface area contributed by atoms with Crippen molar-refractivity contribution in [1.29, 1.82) is 0 Å². The summed E-state index contributed by atoms with van der Waals surface area (Å²) >= 11 is 5.81. The summed E-state index contributed by atoms with van der Waals surface area (Å²) in [5, 5.41) is 0.140. The lowest BCUT2D eigenvalue weighted by molar-refractivity contribution is 0.495. The standard InChI is InChI=1S/C19H20ClFN4/c20-15-8-7-13(10-16(15)21)11-25-18-6-2-1-5-17(18)23-19(25)24-9-3-4-14(22)12-24/h1-2,5-8,10,14H,3-4,9,11-12,22H2/t14-/m1/s1. The lowest BCUT2D eigenvalue weighted by atomic mass is 10.1. The highest BCUT2D eigenvalue weighted by Crippen LogP contribution is 2.27. The Bertz CT molecular complexity index is 908. The molecule has 2 heterocycles. The minimum atomic E-state index is -0.398. The van der Waals surface area contributed by atoms with Crippen molar-refractivity contribution in [1.82, 2.24) is 9.55 Å². The van der Waals surface area contributed by atoms with E-state index in [4.69, 9.17) is 22.3 Å². The zero-order chi connectivity index (χ0) is 17.4. The maximum atomic E-state index is 13.8. The third kappa shape index (κ3) is 3.22. The van der Waals surface area contributed by atoms with Gasteiger partial charge in [0.1, 0.15) is 5.82 Å². The number of hydrogen-bond donors (Lipinski definition) is 1. The topological polar surface area (TPSA) is 47.1 Å². The van der Waals surface area contributed by atoms with Crippen LogP contribution in [0.15, 0.2) is 42.5 Å². The van der Waals surface area contributed by atoms with Gasteiger partial charge in [-0.15, -0.1) is 0 Å². The fourth-order valence-electron chi connectivity index (χ4n) is 3.47. The first-order valence-corrected chi connectivity index (χ1v) is 8.89. The second-order valence-electron chi connectivity index (χ2n) is 6.58. The van der Waals surface area contributed by atoms with Gasteiger partial charge in [0.2, 0.25) is 5.95 Å². The molecule has 3 aromatic rings. The molecule has 25 heavy (non-hydrogen) atoms. The molecule has 0 saturated carbocycles. The summed E-state index contributed by atoms with van der Waals surface area (Å²) in [5.74, 6) is 0.497. The van der Waals surface area contributed by atoms with E-state index in [1.807, 2.05) is 30.3 Å². The number of rotatable bonds is 3. The van der Waals surface area contributed by atoms with Crippen LogP contribution in [-0.2, 0) is 6.54 Å². The number of nitrogens with two attached hydrogens (primary N) is 1. The average molecular weight is 359 g/mol. The minimum Gasteiger partial charge on any atom is -0.341 e. The molecule has 0 unspecified atom stereocenters. The maximum absolute atomic E-state index is 13.8. The number of anilines is 1. The molecule has 2 N–H and O–H groups in total. The average Bonchev–Trinajstić information content (AvgIpc) is 2.97. The van der Waals surface area contributed by atoms with Crippen molar-refractivity contribution in [3.05, 3.63) is 58.9 Å². The Morgan fingerprint density at radius 3 is 2.88 bits per heavy atom. The summed E-state index contributed by atoms with van der Waals surface area (Å²) in [6, 6.07) is 13.1. The van der Waals surface area contributed by atoms with E-state index in [0.717, 1.165) is 48.5 Å². The molecule has 0 spiro atoms. The van der Waals surface area contributed by atoms with Crippen molar-refractivity contribution in [3.8, 4) is 0 Å². The quantitative estimate of drug-likeness (QED) is 0.774. The van der Waals surface area contributed by atoms with Crippen LogP contribution >= 0.6 is 11.6 Å². The van der Waals surface area contributed by atoms with Gasteiger partial charge in [-0.25, -0.2) is 9.37 Å². The number of para-hydroxylation sites is 2. The molecule has 1 saturated heterocycles. The van der Waals surface area contributed by atoms with Crippen LogP contribution in [0.3, 0.4) is 0 Å². The highest BCUT2D eigenvalue weighted by molar-refractivity contribution is 6.30. The number of hydrogen-bond acceptors (Lipinski definition) is 3. The van der Waals surface area contributed by atoms with Gasteiger partial charge in [0.15, 0.2) is 0 Å². The van der Waals surface area contributed by atoms with E-state index in [2.05, 4.69) is 9.47 Å². The van der Waals surface area contributed by atoms with Crippen LogP contribution in [0.1, 0.15) is 18.4 Å². The molecule has 1 aromatic heterocycles. The van der Waals surface area contributed by atoms with Crippen LogP contribution in [-0.4, -0.2) is 28.7 Å². The molecule has 6 heteroatoms. The monoisotopic (exact) mass is 358 g/mol. The first-order chi connectivity index (χ1) is 12.1. The van der Waals surface area contributed by atoms with Crippen LogP contribution < -0.4 is 10.6 Å². The molecule has 4 rings (SSSR count). The number of nitrogens with zero attached hydrogens (tertiary/aromatic N) is 3. The highest BCUT2D eigenvalue weighted by atomic mass is 35.5. The molecule has 130 valence electrons. The second-order valence-corrected chi connectivity index (χ2v) is 6.99. The summed E-state index contributed by atoms with van der Waals surface area (Å²) in [5.41, 5.74) is 8.98. The van der Waals surface area contributed by atoms with Gasteiger partial charge < -0.3 is 15.2 Å². The van der Waals surface area contributed by atoms with Gasteiger partial charge in [-0.2, -0.15) is 0 Å². The first-order valence-electron chi connectivity index (χ1n) is 8.51. The van der Waals surface area contributed by atoms with E-state index in [-0.39, 0.29) is 11.1 Å². The van der Waals surface area contributed by atoms with Crippen molar-refractivity contribution in [2.24, 2.45) is 5.73 Å². The Morgan fingerprint density at radius 2 is 2.08 bits per heavy atom. The predicted molar refractivity (Wildman–Crippen MR) is 99.7 cm³/mol. The molecule has 4 nitrogen and oxygen atoms in total. The molecule has 0 radical (unpaired) electrons. The molecular weight excluding hydrogens is 339 g/mol. The van der Waals surface area contributed by atoms with Crippen molar-refractivity contribution in [2.45, 2.75) is 25.4 Å². The Balaban J connectivity index is 1.77. The molecule has 1 aliphatic rings. The molecule has 1 fully saturated rings. The van der Waals surface area contributed by atoms with Gasteiger partial charge in [0.05, 0.1) is 22.6 Å². The fraction of sp³-hybridized carbons (Fsp3) is 0.316. The number of benzene rings is 2. The molecule has 0 bridgehead atoms. The van der Waals surface area contributed by atoms with Gasteiger partial charge in [-0.3, -0.25) is 0 Å². The molecule has 0 aliphatic carbocycles. The Hall–Kier alpha value is -2.11. The first kappa shape index (κ1) is 16.4. The third-order valence-corrected chi connectivity index (χ3v) is 5.01. The zero-order valence-electron chi connectivity index (χ0n) is 13.8. The van der Waals surface area contributed by atoms with E-state index in [1.54, 1.807) is 6.07 Å². The SMILES string of the molecule is N[C@@H]1CCCN(c2nc3ccccc3n2Cc2ccc(Cl)c(F)c2)C1. The Labute approximate surface area is 151 Å². The smallest absolute Gasteiger partial charge is 0.206 e. The van der Waals surface area contributed by atoms with Crippen molar-refractivity contribution >= 4 is 28.6 Å². The zero-order valence-corrected chi connectivity index (χ0v) is 14.6. The molecular formula is C19H20ClFN4. The van der Waals surface area contributed by atoms with Crippen LogP contribution in [0.4, 0.5) is 10.3 Å². The van der Waals surface area contributed by atoms with Crippen LogP contribution in [0.25, 0.3) is 11.0 Å². The van der Waals surface area contributed by atoms with Crippen LogP contribution in [0.5, 0.6) is 0 Å². The van der Waals surface area contributed by atoms with E-state index >= 15 is 0 Å². The van der Waals surface area contributed by atoms with Gasteiger partial charge in [-0.1, -0.05) is 29.8 Å². The minimum absolute atomic E-state index is 0.140.